The lowest BCUT2D eigenvalue weighted by atomic mass is 9.49. The molecule has 0 spiro atoms. The lowest BCUT2D eigenvalue weighted by Crippen LogP contribution is -2.54. The molecule has 1 aliphatic heterocycles. The highest BCUT2D eigenvalue weighted by Crippen LogP contribution is 2.68. The summed E-state index contributed by atoms with van der Waals surface area (Å²) < 4.78 is 0. The molecule has 6 atom stereocenters. The summed E-state index contributed by atoms with van der Waals surface area (Å²) in [6, 6.07) is 0.877. The molecule has 1 heteroatoms. The molecule has 1 N–H and O–H groups in total. The summed E-state index contributed by atoms with van der Waals surface area (Å²) in [5.74, 6) is 6.17. The van der Waals surface area contributed by atoms with E-state index in [2.05, 4.69) is 26.1 Å². The molecule has 5 aliphatic rings. The lowest BCUT2D eigenvalue weighted by Gasteiger charge is -2.56. The Kier molecular flexibility index (Phi) is 4.50. The van der Waals surface area contributed by atoms with E-state index in [4.69, 9.17) is 0 Å². The van der Waals surface area contributed by atoms with Crippen molar-refractivity contribution in [1.82, 2.24) is 5.32 Å². The molecule has 1 saturated heterocycles. The lowest BCUT2D eigenvalue weighted by molar-refractivity contribution is -0.0627. The molecule has 6 unspecified atom stereocenters. The van der Waals surface area contributed by atoms with E-state index in [1.165, 1.54) is 51.5 Å². The van der Waals surface area contributed by atoms with Crippen LogP contribution in [-0.4, -0.2) is 12.6 Å². The van der Waals surface area contributed by atoms with Gasteiger partial charge in [-0.15, -0.1) is 0 Å². The number of nitrogens with one attached hydrogen (secondary N) is 1. The Morgan fingerprint density at radius 1 is 0.769 bits per heavy atom. The zero-order valence-electron chi connectivity index (χ0n) is 17.7. The average Bonchev–Trinajstić information content (AvgIpc) is 3.21. The first kappa shape index (κ1) is 18.0. The molecule has 0 amide bonds. The Bertz CT molecular complexity index is 507. The van der Waals surface area contributed by atoms with Crippen LogP contribution in [0.5, 0.6) is 0 Å². The zero-order chi connectivity index (χ0) is 17.9. The van der Waals surface area contributed by atoms with Gasteiger partial charge in [-0.25, -0.2) is 0 Å². The van der Waals surface area contributed by atoms with Gasteiger partial charge in [-0.1, -0.05) is 46.5 Å². The summed E-state index contributed by atoms with van der Waals surface area (Å²) in [5.41, 5.74) is 1.25. The number of rotatable bonds is 2. The monoisotopic (exact) mass is 357 g/mol. The molecule has 0 aromatic heterocycles. The second-order valence-corrected chi connectivity index (χ2v) is 12.0. The molecule has 0 aromatic carbocycles. The summed E-state index contributed by atoms with van der Waals surface area (Å²) in [7, 11) is 0. The predicted octanol–water partition coefficient (Wildman–Crippen LogP) is 6.42. The van der Waals surface area contributed by atoms with Crippen LogP contribution in [0.25, 0.3) is 0 Å². The Morgan fingerprint density at radius 3 is 2.15 bits per heavy atom. The fourth-order valence-corrected chi connectivity index (χ4v) is 9.21. The molecule has 148 valence electrons. The van der Waals surface area contributed by atoms with Gasteiger partial charge in [0.05, 0.1) is 0 Å². The highest BCUT2D eigenvalue weighted by Gasteiger charge is 2.64. The van der Waals surface area contributed by atoms with Crippen molar-refractivity contribution in [2.75, 3.05) is 6.54 Å². The third-order valence-electron chi connectivity index (χ3n) is 10.1. The maximum atomic E-state index is 4.16. The van der Waals surface area contributed by atoms with Gasteiger partial charge in [0.15, 0.2) is 0 Å². The quantitative estimate of drug-likeness (QED) is 0.601. The maximum Gasteiger partial charge on any atom is 0.0135 e. The van der Waals surface area contributed by atoms with Crippen molar-refractivity contribution in [2.45, 2.75) is 104 Å². The normalized spacial score (nSPS) is 45.8. The van der Waals surface area contributed by atoms with Gasteiger partial charge in [0.25, 0.3) is 0 Å². The van der Waals surface area contributed by atoms with E-state index in [1.54, 1.807) is 32.1 Å². The van der Waals surface area contributed by atoms with Gasteiger partial charge < -0.3 is 5.32 Å². The Hall–Kier alpha value is -0.0400. The predicted molar refractivity (Wildman–Crippen MR) is 110 cm³/mol. The first-order valence-corrected chi connectivity index (χ1v) is 12.3. The molecule has 26 heavy (non-hydrogen) atoms. The molecule has 1 nitrogen and oxygen atoms in total. The summed E-state index contributed by atoms with van der Waals surface area (Å²) in [6.45, 7) is 8.95. The molecular formula is C25H43N. The topological polar surface area (TPSA) is 12.0 Å². The number of fused-ring (bicyclic) bond motifs is 3. The molecule has 4 aliphatic carbocycles. The zero-order valence-corrected chi connectivity index (χ0v) is 17.7. The van der Waals surface area contributed by atoms with Crippen molar-refractivity contribution >= 4 is 0 Å². The van der Waals surface area contributed by atoms with Crippen LogP contribution in [0, 0.1) is 46.3 Å². The highest BCUT2D eigenvalue weighted by molar-refractivity contribution is 5.14. The van der Waals surface area contributed by atoms with E-state index >= 15 is 0 Å². The summed E-state index contributed by atoms with van der Waals surface area (Å²) >= 11 is 0. The molecule has 5 fully saturated rings. The van der Waals surface area contributed by atoms with E-state index in [-0.39, 0.29) is 0 Å². The third kappa shape index (κ3) is 2.58. The largest absolute Gasteiger partial charge is 0.313 e. The van der Waals surface area contributed by atoms with Crippen molar-refractivity contribution in [3.05, 3.63) is 0 Å². The molecule has 1 heterocycles. The van der Waals surface area contributed by atoms with E-state index < -0.39 is 0 Å². The van der Waals surface area contributed by atoms with Gasteiger partial charge in [0.2, 0.25) is 0 Å². The van der Waals surface area contributed by atoms with Crippen molar-refractivity contribution in [3.63, 3.8) is 0 Å². The SMILES string of the molecule is CC(C)(C)C1CCCC2C1C1CCCNC1C2C1(C2CCCC2)CCC1. The summed E-state index contributed by atoms with van der Waals surface area (Å²) in [4.78, 5) is 0. The Balaban J connectivity index is 1.52. The molecule has 4 saturated carbocycles. The minimum atomic E-state index is 0.500. The molecule has 0 radical (unpaired) electrons. The number of hydrogen-bond donors (Lipinski definition) is 1. The van der Waals surface area contributed by atoms with Crippen molar-refractivity contribution in [2.24, 2.45) is 46.3 Å². The van der Waals surface area contributed by atoms with Gasteiger partial charge in [-0.05, 0) is 104 Å². The Morgan fingerprint density at radius 2 is 1.50 bits per heavy atom. The molecule has 5 rings (SSSR count). The summed E-state index contributed by atoms with van der Waals surface area (Å²) in [6.07, 6.45) is 18.4. The van der Waals surface area contributed by atoms with Crippen LogP contribution in [-0.2, 0) is 0 Å². The standard InChI is InChI=1S/C25H43N/c1-24(2,3)20-13-6-11-18-21(20)19-12-7-16-26-23(19)22(18)25(14-8-15-25)17-9-4-5-10-17/h17-23,26H,4-16H2,1-3H3. The van der Waals surface area contributed by atoms with Gasteiger partial charge in [0.1, 0.15) is 0 Å². The van der Waals surface area contributed by atoms with E-state index in [0.29, 0.717) is 5.41 Å². The highest BCUT2D eigenvalue weighted by atomic mass is 15.0. The van der Waals surface area contributed by atoms with Crippen LogP contribution in [0.2, 0.25) is 0 Å². The second kappa shape index (κ2) is 6.50. The fourth-order valence-electron chi connectivity index (χ4n) is 9.21. The molecule has 0 aromatic rings. The molecular weight excluding hydrogens is 314 g/mol. The van der Waals surface area contributed by atoms with Gasteiger partial charge in [0, 0.05) is 6.04 Å². The first-order valence-electron chi connectivity index (χ1n) is 12.3. The first-order chi connectivity index (χ1) is 12.5. The van der Waals surface area contributed by atoms with Crippen molar-refractivity contribution < 1.29 is 0 Å². The van der Waals surface area contributed by atoms with E-state index in [1.807, 2.05) is 0 Å². The minimum Gasteiger partial charge on any atom is -0.313 e. The smallest absolute Gasteiger partial charge is 0.0135 e. The number of piperidine rings is 1. The van der Waals surface area contributed by atoms with Crippen molar-refractivity contribution in [1.29, 1.82) is 0 Å². The summed E-state index contributed by atoms with van der Waals surface area (Å²) in [5, 5.41) is 4.16. The number of hydrogen-bond acceptors (Lipinski definition) is 1. The fraction of sp³-hybridized carbons (Fsp3) is 1.00. The van der Waals surface area contributed by atoms with Crippen LogP contribution in [0.4, 0.5) is 0 Å². The minimum absolute atomic E-state index is 0.500. The maximum absolute atomic E-state index is 4.16. The van der Waals surface area contributed by atoms with Crippen molar-refractivity contribution in [3.8, 4) is 0 Å². The second-order valence-electron chi connectivity index (χ2n) is 12.0. The van der Waals surface area contributed by atoms with Gasteiger partial charge >= 0.3 is 0 Å². The van der Waals surface area contributed by atoms with Crippen LogP contribution >= 0.6 is 0 Å². The van der Waals surface area contributed by atoms with Crippen LogP contribution < -0.4 is 5.32 Å². The Labute approximate surface area is 162 Å². The van der Waals surface area contributed by atoms with Crippen LogP contribution in [0.1, 0.15) is 97.8 Å². The molecule has 0 bridgehead atoms. The third-order valence-corrected chi connectivity index (χ3v) is 10.1. The van der Waals surface area contributed by atoms with Crippen LogP contribution in [0.3, 0.4) is 0 Å². The van der Waals surface area contributed by atoms with E-state index in [0.717, 1.165) is 47.0 Å². The van der Waals surface area contributed by atoms with Gasteiger partial charge in [-0.3, -0.25) is 0 Å². The van der Waals surface area contributed by atoms with Crippen LogP contribution in [0.15, 0.2) is 0 Å². The average molecular weight is 358 g/mol. The van der Waals surface area contributed by atoms with Gasteiger partial charge in [-0.2, -0.15) is 0 Å². The van der Waals surface area contributed by atoms with E-state index in [9.17, 15) is 0 Å².